The van der Waals surface area contributed by atoms with Crippen molar-refractivity contribution in [3.05, 3.63) is 157 Å². The number of hydrogen-bond acceptors (Lipinski definition) is 7. The lowest BCUT2D eigenvalue weighted by Gasteiger charge is -2.37. The first-order valence-corrected chi connectivity index (χ1v) is 18.8. The second-order valence-corrected chi connectivity index (χ2v) is 14.3. The number of benzene rings is 2. The molecule has 5 N–H and O–H groups in total. The lowest BCUT2D eigenvalue weighted by molar-refractivity contribution is -0.154. The van der Waals surface area contributed by atoms with E-state index < -0.39 is 48.0 Å². The Balaban J connectivity index is 1.57. The second-order valence-electron chi connectivity index (χ2n) is 14.3. The van der Waals surface area contributed by atoms with E-state index in [-0.39, 0.29) is 24.7 Å². The Bertz CT molecular complexity index is 1780. The maximum Gasteiger partial charge on any atom is 0.295 e. The maximum atomic E-state index is 17.0. The Morgan fingerprint density at radius 1 is 0.655 bits per heavy atom. The van der Waals surface area contributed by atoms with Gasteiger partial charge in [0, 0.05) is 36.6 Å². The van der Waals surface area contributed by atoms with Crippen LogP contribution in [-0.2, 0) is 35.3 Å². The number of aliphatic hydroxyl groups excluding tert-OH is 1. The molecule has 2 amide bonds. The smallest absolute Gasteiger partial charge is 0.295 e. The van der Waals surface area contributed by atoms with E-state index in [9.17, 15) is 14.7 Å². The van der Waals surface area contributed by atoms with Crippen LogP contribution in [0, 0.1) is 11.8 Å². The van der Waals surface area contributed by atoms with Gasteiger partial charge in [-0.1, -0.05) is 113 Å². The number of alkyl halides is 2. The first-order chi connectivity index (χ1) is 26.5. The van der Waals surface area contributed by atoms with Crippen LogP contribution < -0.4 is 21.3 Å². The van der Waals surface area contributed by atoms with E-state index in [2.05, 4.69) is 31.2 Å². The lowest BCUT2D eigenvalue weighted by Crippen LogP contribution is -2.64. The number of aromatic nitrogens is 2. The maximum absolute atomic E-state index is 17.0. The van der Waals surface area contributed by atoms with Gasteiger partial charge >= 0.3 is 0 Å². The van der Waals surface area contributed by atoms with Gasteiger partial charge in [-0.3, -0.25) is 19.6 Å². The van der Waals surface area contributed by atoms with Gasteiger partial charge in [-0.15, -0.1) is 0 Å². The highest BCUT2D eigenvalue weighted by Crippen LogP contribution is 2.30. The Hall–Kier alpha value is -5.42. The molecule has 0 saturated carbocycles. The van der Waals surface area contributed by atoms with Gasteiger partial charge in [0.25, 0.3) is 5.92 Å². The van der Waals surface area contributed by atoms with Crippen LogP contribution in [0.15, 0.2) is 134 Å². The Labute approximate surface area is 323 Å². The molecule has 0 aliphatic heterocycles. The van der Waals surface area contributed by atoms with Gasteiger partial charge in [0.1, 0.15) is 18.2 Å². The summed E-state index contributed by atoms with van der Waals surface area (Å²) in [5, 5.41) is 23.2. The molecular weight excluding hydrogens is 699 g/mol. The molecule has 0 fully saturated rings. The second kappa shape index (κ2) is 21.5. The van der Waals surface area contributed by atoms with Crippen LogP contribution in [0.2, 0.25) is 0 Å². The van der Waals surface area contributed by atoms with Crippen LogP contribution in [0.5, 0.6) is 0 Å². The van der Waals surface area contributed by atoms with Crippen molar-refractivity contribution in [3.63, 3.8) is 0 Å². The van der Waals surface area contributed by atoms with Crippen LogP contribution in [0.3, 0.4) is 0 Å². The predicted octanol–water partition coefficient (Wildman–Crippen LogP) is 5.97. The van der Waals surface area contributed by atoms with E-state index in [1.165, 1.54) is 0 Å². The SMILES string of the molecule is CC(C)[C@H](NC=CCc1ccccn1)C(=O)N[C@@H](Cc1ccccc1)[C@@H](O)C(F)(F)[C@H](Cc1ccccc1)NC(=O)[C@@H](NC=CCc1ccccn1)C(C)C. The van der Waals surface area contributed by atoms with Crippen LogP contribution in [0.25, 0.3) is 0 Å². The standard InChI is InChI=1S/C44H54F2N6O3/c1-31(2)39(49-27-15-23-35-21-11-13-25-47-35)42(54)51-37(29-33-17-7-5-8-18-33)41(53)44(45,46)38(30-34-19-9-6-10-20-34)52-43(55)40(32(3)4)50-28-16-24-36-22-12-14-26-48-36/h5-22,25-28,31-32,37-41,49-50,53H,23-24,29-30H2,1-4H3,(H,51,54)(H,52,55)/t37-,38-,39-,40-,41+/m0/s1. The summed E-state index contributed by atoms with van der Waals surface area (Å²) in [7, 11) is 0. The highest BCUT2D eigenvalue weighted by molar-refractivity contribution is 5.83. The summed E-state index contributed by atoms with van der Waals surface area (Å²) in [6, 6.07) is 23.8. The molecule has 55 heavy (non-hydrogen) atoms. The first kappa shape index (κ1) is 42.3. The number of allylic oxidation sites excluding steroid dienone is 2. The third-order valence-corrected chi connectivity index (χ3v) is 9.26. The molecule has 292 valence electrons. The van der Waals surface area contributed by atoms with E-state index in [4.69, 9.17) is 0 Å². The molecular formula is C44H54F2N6O3. The zero-order valence-electron chi connectivity index (χ0n) is 32.0. The summed E-state index contributed by atoms with van der Waals surface area (Å²) in [5.41, 5.74) is 2.89. The number of nitrogens with one attached hydrogen (secondary N) is 4. The van der Waals surface area contributed by atoms with Crippen molar-refractivity contribution >= 4 is 11.8 Å². The fourth-order valence-corrected chi connectivity index (χ4v) is 6.13. The van der Waals surface area contributed by atoms with Crippen molar-refractivity contribution in [3.8, 4) is 0 Å². The van der Waals surface area contributed by atoms with Gasteiger partial charge in [-0.05, 0) is 72.5 Å². The van der Waals surface area contributed by atoms with Gasteiger partial charge in [-0.2, -0.15) is 0 Å². The van der Waals surface area contributed by atoms with Crippen LogP contribution >= 0.6 is 0 Å². The third kappa shape index (κ3) is 13.4. The number of rotatable bonds is 21. The number of amides is 2. The minimum absolute atomic E-state index is 0.0765. The number of halogens is 2. The minimum atomic E-state index is -3.89. The average molecular weight is 753 g/mol. The van der Waals surface area contributed by atoms with E-state index in [0.29, 0.717) is 24.0 Å². The highest BCUT2D eigenvalue weighted by atomic mass is 19.3. The molecule has 11 heteroatoms. The molecule has 4 rings (SSSR count). The fourth-order valence-electron chi connectivity index (χ4n) is 6.13. The van der Waals surface area contributed by atoms with Crippen molar-refractivity contribution in [2.24, 2.45) is 11.8 Å². The predicted molar refractivity (Wildman–Crippen MR) is 213 cm³/mol. The molecule has 2 heterocycles. The van der Waals surface area contributed by atoms with Gasteiger partial charge < -0.3 is 26.4 Å². The van der Waals surface area contributed by atoms with Crippen molar-refractivity contribution in [1.82, 2.24) is 31.2 Å². The zero-order valence-corrected chi connectivity index (χ0v) is 32.0. The molecule has 9 nitrogen and oxygen atoms in total. The highest BCUT2D eigenvalue weighted by Gasteiger charge is 2.51. The van der Waals surface area contributed by atoms with Gasteiger partial charge in [0.15, 0.2) is 0 Å². The van der Waals surface area contributed by atoms with Crippen molar-refractivity contribution < 1.29 is 23.5 Å². The topological polar surface area (TPSA) is 128 Å². The van der Waals surface area contributed by atoms with Crippen LogP contribution in [-0.4, -0.2) is 63.1 Å². The van der Waals surface area contributed by atoms with Crippen molar-refractivity contribution in [1.29, 1.82) is 0 Å². The average Bonchev–Trinajstić information content (AvgIpc) is 3.18. The minimum Gasteiger partial charge on any atom is -0.385 e. The molecule has 0 spiro atoms. The summed E-state index contributed by atoms with van der Waals surface area (Å²) in [6.07, 6.45) is 8.68. The molecule has 0 aliphatic carbocycles. The van der Waals surface area contributed by atoms with Crippen LogP contribution in [0.1, 0.15) is 50.2 Å². The largest absolute Gasteiger partial charge is 0.385 e. The molecule has 0 unspecified atom stereocenters. The number of carbonyl (C=O) groups is 2. The molecule has 0 aliphatic rings. The number of carbonyl (C=O) groups excluding carboxylic acids is 2. The van der Waals surface area contributed by atoms with Gasteiger partial charge in [-0.25, -0.2) is 8.78 Å². The third-order valence-electron chi connectivity index (χ3n) is 9.26. The molecule has 2 aromatic heterocycles. The molecule has 2 aromatic carbocycles. The van der Waals surface area contributed by atoms with Gasteiger partial charge in [0.05, 0.1) is 12.1 Å². The molecule has 0 bridgehead atoms. The Kier molecular flexibility index (Phi) is 16.5. The monoisotopic (exact) mass is 752 g/mol. The normalized spacial score (nSPS) is 14.7. The number of nitrogens with zero attached hydrogens (tertiary/aromatic N) is 2. The molecule has 0 radical (unpaired) electrons. The Morgan fingerprint density at radius 2 is 1.09 bits per heavy atom. The summed E-state index contributed by atoms with van der Waals surface area (Å²) in [5.74, 6) is -5.57. The first-order valence-electron chi connectivity index (χ1n) is 18.8. The quantitative estimate of drug-likeness (QED) is 0.0710. The molecule has 4 aromatic rings. The Morgan fingerprint density at radius 3 is 1.53 bits per heavy atom. The zero-order chi connectivity index (χ0) is 39.6. The van der Waals surface area contributed by atoms with Crippen LogP contribution in [0.4, 0.5) is 8.78 Å². The van der Waals surface area contributed by atoms with Crippen molar-refractivity contribution in [2.45, 2.75) is 89.6 Å². The van der Waals surface area contributed by atoms with Gasteiger partial charge in [0.2, 0.25) is 11.8 Å². The van der Waals surface area contributed by atoms with E-state index in [1.54, 1.807) is 85.5 Å². The van der Waals surface area contributed by atoms with Crippen molar-refractivity contribution in [2.75, 3.05) is 0 Å². The molecule has 5 atom stereocenters. The number of pyridine rings is 2. The van der Waals surface area contributed by atoms with E-state index in [0.717, 1.165) is 11.4 Å². The van der Waals surface area contributed by atoms with E-state index >= 15 is 8.78 Å². The lowest BCUT2D eigenvalue weighted by atomic mass is 9.89. The summed E-state index contributed by atoms with van der Waals surface area (Å²) < 4.78 is 33.9. The number of hydrogen-bond donors (Lipinski definition) is 5. The van der Waals surface area contributed by atoms with E-state index in [1.807, 2.05) is 76.2 Å². The summed E-state index contributed by atoms with van der Waals surface area (Å²) in [6.45, 7) is 7.33. The fraction of sp³-hybridized carbons (Fsp3) is 0.364. The number of aliphatic hydroxyl groups is 1. The summed E-state index contributed by atoms with van der Waals surface area (Å²) in [4.78, 5) is 36.2. The summed E-state index contributed by atoms with van der Waals surface area (Å²) >= 11 is 0. The molecule has 0 saturated heterocycles.